The molecule has 1 aromatic carbocycles. The zero-order valence-corrected chi connectivity index (χ0v) is 23.9. The summed E-state index contributed by atoms with van der Waals surface area (Å²) in [7, 11) is 0. The topological polar surface area (TPSA) is 79.3 Å². The standard InChI is InChI=1S/C32H36F2N2O3S/c1-18-14-24-23-10-7-20-15-22(37)12-13-31(20,3)32(23,34)26(38)16-30(24,2)28(18)25-17-40-29(35-25)36-27(39)11-6-19-4-8-21(33)9-5-19/h4-5,8-9,12-13,15,17-18,23-24,26,28,38H,6-7,10-11,14,16H2,1-3H3,(H,35,36,39). The number of ketones is 1. The van der Waals surface area contributed by atoms with Gasteiger partial charge in [-0.1, -0.05) is 37.6 Å². The number of hydrogen-bond donors (Lipinski definition) is 2. The highest BCUT2D eigenvalue weighted by Gasteiger charge is 2.71. The zero-order valence-electron chi connectivity index (χ0n) is 23.1. The van der Waals surface area contributed by atoms with Gasteiger partial charge < -0.3 is 10.4 Å². The number of halogens is 2. The van der Waals surface area contributed by atoms with Crippen molar-refractivity contribution in [1.82, 2.24) is 4.98 Å². The molecular formula is C32H36F2N2O3S. The van der Waals surface area contributed by atoms with Crippen molar-refractivity contribution in [3.8, 4) is 0 Å². The molecule has 4 aliphatic carbocycles. The lowest BCUT2D eigenvalue weighted by molar-refractivity contribution is -0.191. The number of alkyl halides is 1. The number of amides is 1. The predicted octanol–water partition coefficient (Wildman–Crippen LogP) is 6.55. The lowest BCUT2D eigenvalue weighted by Gasteiger charge is -2.62. The summed E-state index contributed by atoms with van der Waals surface area (Å²) < 4.78 is 30.5. The molecule has 6 rings (SSSR count). The van der Waals surface area contributed by atoms with Crippen molar-refractivity contribution in [2.24, 2.45) is 28.6 Å². The fraction of sp³-hybridized carbons (Fsp3) is 0.531. The van der Waals surface area contributed by atoms with Crippen molar-refractivity contribution in [3.05, 3.63) is 70.5 Å². The Balaban J connectivity index is 1.21. The van der Waals surface area contributed by atoms with Crippen molar-refractivity contribution in [3.63, 3.8) is 0 Å². The second kappa shape index (κ2) is 9.69. The lowest BCUT2D eigenvalue weighted by atomic mass is 9.45. The number of rotatable bonds is 5. The number of carbonyl (C=O) groups excluding carboxylic acids is 2. The van der Waals surface area contributed by atoms with Crippen molar-refractivity contribution in [2.45, 2.75) is 77.0 Å². The number of allylic oxidation sites excluding steroid dienone is 4. The van der Waals surface area contributed by atoms with Gasteiger partial charge in [0.2, 0.25) is 5.91 Å². The average molecular weight is 567 g/mol. The van der Waals surface area contributed by atoms with E-state index < -0.39 is 17.2 Å². The first kappa shape index (κ1) is 27.5. The molecule has 2 aromatic rings. The van der Waals surface area contributed by atoms with Crippen molar-refractivity contribution < 1.29 is 23.5 Å². The summed E-state index contributed by atoms with van der Waals surface area (Å²) in [6.07, 6.45) is 6.77. The molecule has 2 N–H and O–H groups in total. The van der Waals surface area contributed by atoms with Crippen LogP contribution in [0.4, 0.5) is 13.9 Å². The van der Waals surface area contributed by atoms with Gasteiger partial charge in [0.1, 0.15) is 5.82 Å². The van der Waals surface area contributed by atoms with Gasteiger partial charge in [-0.3, -0.25) is 9.59 Å². The second-order valence-corrected chi connectivity index (χ2v) is 13.7. The molecule has 0 saturated heterocycles. The van der Waals surface area contributed by atoms with Gasteiger partial charge in [0.05, 0.1) is 11.8 Å². The van der Waals surface area contributed by atoms with Crippen molar-refractivity contribution in [1.29, 1.82) is 0 Å². The number of anilines is 1. The van der Waals surface area contributed by atoms with E-state index in [1.807, 2.05) is 12.3 Å². The number of aliphatic hydroxyl groups is 1. The Hall–Kier alpha value is -2.71. The van der Waals surface area contributed by atoms with Crippen LogP contribution in [0.1, 0.15) is 70.1 Å². The van der Waals surface area contributed by atoms with E-state index in [2.05, 4.69) is 19.2 Å². The highest BCUT2D eigenvalue weighted by molar-refractivity contribution is 7.13. The van der Waals surface area contributed by atoms with Crippen LogP contribution in [0, 0.1) is 34.4 Å². The first-order valence-corrected chi connectivity index (χ1v) is 15.1. The molecule has 1 amide bonds. The van der Waals surface area contributed by atoms with Gasteiger partial charge in [0.25, 0.3) is 0 Å². The SMILES string of the molecule is CC1CC2C3CCC4=CC(=O)C=CC4(C)C3(F)C(O)CC2(C)C1c1csc(NC(=O)CCc2ccc(F)cc2)n1. The Morgan fingerprint density at radius 1 is 1.23 bits per heavy atom. The largest absolute Gasteiger partial charge is 0.390 e. The van der Waals surface area contributed by atoms with Crippen molar-refractivity contribution in [2.75, 3.05) is 5.32 Å². The van der Waals surface area contributed by atoms with Gasteiger partial charge in [-0.25, -0.2) is 13.8 Å². The van der Waals surface area contributed by atoms with Gasteiger partial charge in [-0.2, -0.15) is 0 Å². The highest BCUT2D eigenvalue weighted by atomic mass is 32.1. The number of benzene rings is 1. The number of nitrogens with zero attached hydrogens (tertiary/aromatic N) is 1. The molecular weight excluding hydrogens is 530 g/mol. The molecule has 8 heteroatoms. The lowest BCUT2D eigenvalue weighted by Crippen LogP contribution is -2.66. The molecule has 8 atom stereocenters. The van der Waals surface area contributed by atoms with Crippen LogP contribution in [0.2, 0.25) is 0 Å². The number of thiazole rings is 1. The smallest absolute Gasteiger partial charge is 0.226 e. The fourth-order valence-electron chi connectivity index (χ4n) is 8.78. The first-order valence-electron chi connectivity index (χ1n) is 14.3. The molecule has 5 nitrogen and oxygen atoms in total. The minimum atomic E-state index is -1.83. The van der Waals surface area contributed by atoms with Gasteiger partial charge in [-0.15, -0.1) is 11.3 Å². The molecule has 4 aliphatic rings. The van der Waals surface area contributed by atoms with Gasteiger partial charge in [0.15, 0.2) is 16.6 Å². The molecule has 1 heterocycles. The van der Waals surface area contributed by atoms with Crippen LogP contribution in [-0.4, -0.2) is 33.6 Å². The molecule has 0 bridgehead atoms. The predicted molar refractivity (Wildman–Crippen MR) is 151 cm³/mol. The Morgan fingerprint density at radius 2 is 1.98 bits per heavy atom. The Morgan fingerprint density at radius 3 is 2.73 bits per heavy atom. The quantitative estimate of drug-likeness (QED) is 0.430. The van der Waals surface area contributed by atoms with E-state index in [1.165, 1.54) is 29.5 Å². The third-order valence-electron chi connectivity index (χ3n) is 10.6. The summed E-state index contributed by atoms with van der Waals surface area (Å²) in [5, 5.41) is 17.0. The number of hydrogen-bond acceptors (Lipinski definition) is 5. The van der Waals surface area contributed by atoms with E-state index in [4.69, 9.17) is 4.98 Å². The minimum absolute atomic E-state index is 0.0334. The summed E-state index contributed by atoms with van der Waals surface area (Å²) in [6, 6.07) is 6.15. The third kappa shape index (κ3) is 4.13. The molecule has 8 unspecified atom stereocenters. The number of aliphatic hydroxyl groups excluding tert-OH is 1. The van der Waals surface area contributed by atoms with Gasteiger partial charge in [0, 0.05) is 29.1 Å². The molecule has 1 aromatic heterocycles. The monoisotopic (exact) mass is 566 g/mol. The fourth-order valence-corrected chi connectivity index (χ4v) is 9.55. The zero-order chi connectivity index (χ0) is 28.4. The Bertz CT molecular complexity index is 1400. The number of aryl methyl sites for hydroxylation is 1. The summed E-state index contributed by atoms with van der Waals surface area (Å²) in [4.78, 5) is 29.5. The normalized spacial score (nSPS) is 38.3. The number of nitrogens with one attached hydrogen (secondary N) is 1. The van der Waals surface area contributed by atoms with E-state index in [9.17, 15) is 19.1 Å². The minimum Gasteiger partial charge on any atom is -0.390 e. The van der Waals surface area contributed by atoms with Crippen molar-refractivity contribution >= 4 is 28.2 Å². The van der Waals surface area contributed by atoms with Crippen LogP contribution in [0.5, 0.6) is 0 Å². The maximum atomic E-state index is 17.4. The van der Waals surface area contributed by atoms with Crippen LogP contribution in [0.3, 0.4) is 0 Å². The number of carbonyl (C=O) groups is 2. The maximum Gasteiger partial charge on any atom is 0.226 e. The third-order valence-corrected chi connectivity index (χ3v) is 11.4. The highest BCUT2D eigenvalue weighted by Crippen LogP contribution is 2.71. The van der Waals surface area contributed by atoms with Crippen LogP contribution in [-0.2, 0) is 16.0 Å². The molecule has 40 heavy (non-hydrogen) atoms. The van der Waals surface area contributed by atoms with Crippen LogP contribution in [0.15, 0.2) is 53.4 Å². The van der Waals surface area contributed by atoms with Crippen LogP contribution >= 0.6 is 11.3 Å². The molecule has 212 valence electrons. The Labute approximate surface area is 237 Å². The first-order chi connectivity index (χ1) is 19.0. The molecule has 3 saturated carbocycles. The van der Waals surface area contributed by atoms with E-state index in [0.29, 0.717) is 30.8 Å². The molecule has 0 spiro atoms. The molecule has 0 radical (unpaired) electrons. The van der Waals surface area contributed by atoms with E-state index in [-0.39, 0.29) is 53.0 Å². The van der Waals surface area contributed by atoms with E-state index in [0.717, 1.165) is 23.3 Å². The summed E-state index contributed by atoms with van der Waals surface area (Å²) in [5.74, 6) is -0.542. The number of aromatic nitrogens is 1. The van der Waals surface area contributed by atoms with Gasteiger partial charge in [-0.05, 0) is 86.1 Å². The van der Waals surface area contributed by atoms with Crippen LogP contribution in [0.25, 0.3) is 0 Å². The molecule has 0 aliphatic heterocycles. The summed E-state index contributed by atoms with van der Waals surface area (Å²) >= 11 is 1.39. The van der Waals surface area contributed by atoms with Crippen LogP contribution < -0.4 is 5.32 Å². The summed E-state index contributed by atoms with van der Waals surface area (Å²) in [5.41, 5.74) is -0.590. The maximum absolute atomic E-state index is 17.4. The van der Waals surface area contributed by atoms with Gasteiger partial charge >= 0.3 is 0 Å². The van der Waals surface area contributed by atoms with E-state index >= 15 is 4.39 Å². The summed E-state index contributed by atoms with van der Waals surface area (Å²) in [6.45, 7) is 6.22. The number of fused-ring (bicyclic) bond motifs is 5. The Kier molecular flexibility index (Phi) is 6.65. The second-order valence-electron chi connectivity index (χ2n) is 12.8. The van der Waals surface area contributed by atoms with E-state index in [1.54, 1.807) is 24.3 Å². The molecule has 3 fully saturated rings. The average Bonchev–Trinajstić information content (AvgIpc) is 3.45.